The van der Waals surface area contributed by atoms with Gasteiger partial charge >= 0.3 is 0 Å². The van der Waals surface area contributed by atoms with Gasteiger partial charge in [0.1, 0.15) is 5.75 Å². The quantitative estimate of drug-likeness (QED) is 0.624. The molecule has 0 atom stereocenters. The van der Waals surface area contributed by atoms with Gasteiger partial charge in [-0.1, -0.05) is 18.2 Å². The van der Waals surface area contributed by atoms with Crippen molar-refractivity contribution >= 4 is 5.96 Å². The second kappa shape index (κ2) is 5.96. The molecule has 2 fully saturated rings. The Balaban J connectivity index is 1.51. The zero-order valence-corrected chi connectivity index (χ0v) is 13.0. The van der Waals surface area contributed by atoms with E-state index in [1.165, 1.54) is 25.7 Å². The van der Waals surface area contributed by atoms with Crippen molar-refractivity contribution in [2.75, 3.05) is 20.7 Å². The Kier molecular flexibility index (Phi) is 4.04. The van der Waals surface area contributed by atoms with Crippen molar-refractivity contribution < 1.29 is 4.74 Å². The molecule has 0 aliphatic heterocycles. The second-order valence-corrected chi connectivity index (χ2v) is 6.23. The van der Waals surface area contributed by atoms with Crippen LogP contribution in [0.2, 0.25) is 0 Å². The van der Waals surface area contributed by atoms with E-state index in [9.17, 15) is 0 Å². The van der Waals surface area contributed by atoms with Gasteiger partial charge in [-0.25, -0.2) is 0 Å². The summed E-state index contributed by atoms with van der Waals surface area (Å²) in [6.45, 7) is 1.78. The number of rotatable bonds is 6. The minimum absolute atomic E-state index is 0.585. The molecule has 2 aliphatic rings. The molecule has 0 amide bonds. The maximum Gasteiger partial charge on any atom is 0.191 e. The SMILES string of the molecule is CN=C(NCc1ccccc1OC)NCC1(C2CC2)CC1. The molecule has 1 aromatic carbocycles. The van der Waals surface area contributed by atoms with E-state index in [2.05, 4.69) is 21.7 Å². The van der Waals surface area contributed by atoms with Gasteiger partial charge in [0, 0.05) is 25.7 Å². The Morgan fingerprint density at radius 3 is 2.67 bits per heavy atom. The van der Waals surface area contributed by atoms with Crippen LogP contribution in [0.4, 0.5) is 0 Å². The Morgan fingerprint density at radius 1 is 1.29 bits per heavy atom. The van der Waals surface area contributed by atoms with Crippen LogP contribution < -0.4 is 15.4 Å². The lowest BCUT2D eigenvalue weighted by Gasteiger charge is -2.18. The Morgan fingerprint density at radius 2 is 2.05 bits per heavy atom. The maximum atomic E-state index is 5.37. The number of aliphatic imine (C=N–C) groups is 1. The van der Waals surface area contributed by atoms with Crippen molar-refractivity contribution in [3.8, 4) is 5.75 Å². The first-order valence-electron chi connectivity index (χ1n) is 7.84. The van der Waals surface area contributed by atoms with Crippen LogP contribution in [0.1, 0.15) is 31.2 Å². The Bertz CT molecular complexity index is 519. The molecule has 1 aromatic rings. The first-order chi connectivity index (χ1) is 10.3. The molecule has 0 radical (unpaired) electrons. The van der Waals surface area contributed by atoms with E-state index < -0.39 is 0 Å². The van der Waals surface area contributed by atoms with Crippen LogP contribution in [0.5, 0.6) is 5.75 Å². The van der Waals surface area contributed by atoms with Gasteiger partial charge in [0.2, 0.25) is 0 Å². The third-order valence-electron chi connectivity index (χ3n) is 4.81. The number of guanidine groups is 1. The van der Waals surface area contributed by atoms with Crippen LogP contribution in [-0.2, 0) is 6.54 Å². The van der Waals surface area contributed by atoms with E-state index in [1.807, 2.05) is 25.2 Å². The molecule has 0 saturated heterocycles. The minimum atomic E-state index is 0.585. The van der Waals surface area contributed by atoms with Gasteiger partial charge in [0.05, 0.1) is 7.11 Å². The summed E-state index contributed by atoms with van der Waals surface area (Å²) in [5.74, 6) is 2.77. The lowest BCUT2D eigenvalue weighted by Crippen LogP contribution is -2.40. The first kappa shape index (κ1) is 14.2. The number of nitrogens with zero attached hydrogens (tertiary/aromatic N) is 1. The van der Waals surface area contributed by atoms with Gasteiger partial charge < -0.3 is 15.4 Å². The molecule has 3 rings (SSSR count). The minimum Gasteiger partial charge on any atom is -0.496 e. The van der Waals surface area contributed by atoms with E-state index in [1.54, 1.807) is 7.11 Å². The molecule has 2 N–H and O–H groups in total. The van der Waals surface area contributed by atoms with E-state index >= 15 is 0 Å². The van der Waals surface area contributed by atoms with Crippen molar-refractivity contribution in [1.82, 2.24) is 10.6 Å². The molecule has 0 aromatic heterocycles. The lowest BCUT2D eigenvalue weighted by atomic mass is 10.0. The van der Waals surface area contributed by atoms with E-state index in [-0.39, 0.29) is 0 Å². The number of benzene rings is 1. The lowest BCUT2D eigenvalue weighted by molar-refractivity contribution is 0.408. The van der Waals surface area contributed by atoms with E-state index in [0.717, 1.165) is 36.3 Å². The monoisotopic (exact) mass is 287 g/mol. The van der Waals surface area contributed by atoms with Gasteiger partial charge in [0.15, 0.2) is 5.96 Å². The van der Waals surface area contributed by atoms with Gasteiger partial charge in [0.25, 0.3) is 0 Å². The fraction of sp³-hybridized carbons (Fsp3) is 0.588. The molecule has 0 heterocycles. The molecule has 4 heteroatoms. The molecule has 4 nitrogen and oxygen atoms in total. The van der Waals surface area contributed by atoms with Gasteiger partial charge in [-0.2, -0.15) is 0 Å². The standard InChI is InChI=1S/C17H25N3O/c1-18-16(20-12-17(9-10-17)14-7-8-14)19-11-13-5-3-4-6-15(13)21-2/h3-6,14H,7-12H2,1-2H3,(H2,18,19,20). The average Bonchev–Trinajstić information content (AvgIpc) is 3.39. The predicted molar refractivity (Wildman–Crippen MR) is 85.6 cm³/mol. The van der Waals surface area contributed by atoms with Crippen LogP contribution in [-0.4, -0.2) is 26.7 Å². The first-order valence-corrected chi connectivity index (χ1v) is 7.84. The summed E-state index contributed by atoms with van der Waals surface area (Å²) in [7, 11) is 3.53. The fourth-order valence-corrected chi connectivity index (χ4v) is 3.09. The normalized spacial score (nSPS) is 20.0. The Hall–Kier alpha value is -1.71. The van der Waals surface area contributed by atoms with E-state index in [0.29, 0.717) is 5.41 Å². The van der Waals surface area contributed by atoms with Crippen molar-refractivity contribution in [2.45, 2.75) is 32.2 Å². The molecule has 0 spiro atoms. The topological polar surface area (TPSA) is 45.7 Å². The van der Waals surface area contributed by atoms with Crippen molar-refractivity contribution in [1.29, 1.82) is 0 Å². The summed E-state index contributed by atoms with van der Waals surface area (Å²) < 4.78 is 5.37. The third kappa shape index (κ3) is 3.31. The third-order valence-corrected chi connectivity index (χ3v) is 4.81. The number of para-hydroxylation sites is 1. The zero-order valence-electron chi connectivity index (χ0n) is 13.0. The van der Waals surface area contributed by atoms with Crippen molar-refractivity contribution in [3.63, 3.8) is 0 Å². The molecular formula is C17H25N3O. The number of ether oxygens (including phenoxy) is 1. The van der Waals surface area contributed by atoms with Crippen LogP contribution in [0, 0.1) is 11.3 Å². The fourth-order valence-electron chi connectivity index (χ4n) is 3.09. The summed E-state index contributed by atoms with van der Waals surface area (Å²) in [6.07, 6.45) is 5.62. The molecule has 114 valence electrons. The number of hydrogen-bond donors (Lipinski definition) is 2. The molecular weight excluding hydrogens is 262 g/mol. The highest BCUT2D eigenvalue weighted by Crippen LogP contribution is 2.60. The summed E-state index contributed by atoms with van der Waals surface area (Å²) in [5.41, 5.74) is 1.73. The molecule has 21 heavy (non-hydrogen) atoms. The summed E-state index contributed by atoms with van der Waals surface area (Å²) in [6, 6.07) is 8.08. The van der Waals surface area contributed by atoms with Gasteiger partial charge in [-0.15, -0.1) is 0 Å². The highest BCUT2D eigenvalue weighted by atomic mass is 16.5. The highest BCUT2D eigenvalue weighted by Gasteiger charge is 2.53. The van der Waals surface area contributed by atoms with Crippen LogP contribution in [0.3, 0.4) is 0 Å². The maximum absolute atomic E-state index is 5.37. The smallest absolute Gasteiger partial charge is 0.191 e. The Labute approximate surface area is 127 Å². The number of methoxy groups -OCH3 is 1. The van der Waals surface area contributed by atoms with Crippen LogP contribution >= 0.6 is 0 Å². The van der Waals surface area contributed by atoms with Gasteiger partial charge in [-0.05, 0) is 43.1 Å². The number of hydrogen-bond acceptors (Lipinski definition) is 2. The highest BCUT2D eigenvalue weighted by molar-refractivity contribution is 5.79. The summed E-state index contributed by atoms with van der Waals surface area (Å²) >= 11 is 0. The van der Waals surface area contributed by atoms with Crippen molar-refractivity contribution in [3.05, 3.63) is 29.8 Å². The molecule has 2 saturated carbocycles. The average molecular weight is 287 g/mol. The molecule has 0 unspecified atom stereocenters. The molecule has 0 bridgehead atoms. The summed E-state index contributed by atoms with van der Waals surface area (Å²) in [5, 5.41) is 6.88. The predicted octanol–water partition coefficient (Wildman–Crippen LogP) is 2.55. The van der Waals surface area contributed by atoms with Crippen LogP contribution in [0.25, 0.3) is 0 Å². The zero-order chi connectivity index (χ0) is 14.7. The largest absolute Gasteiger partial charge is 0.496 e. The van der Waals surface area contributed by atoms with Crippen molar-refractivity contribution in [2.24, 2.45) is 16.3 Å². The van der Waals surface area contributed by atoms with Crippen LogP contribution in [0.15, 0.2) is 29.3 Å². The number of nitrogens with one attached hydrogen (secondary N) is 2. The van der Waals surface area contributed by atoms with Gasteiger partial charge in [-0.3, -0.25) is 4.99 Å². The van der Waals surface area contributed by atoms with E-state index in [4.69, 9.17) is 4.74 Å². The summed E-state index contributed by atoms with van der Waals surface area (Å²) in [4.78, 5) is 4.32. The molecule has 2 aliphatic carbocycles. The second-order valence-electron chi connectivity index (χ2n) is 6.23.